The number of hydrogen-bond acceptors (Lipinski definition) is 4. The Kier molecular flexibility index (Phi) is 4.14. The fourth-order valence-electron chi connectivity index (χ4n) is 1.91. The van der Waals surface area contributed by atoms with Crippen molar-refractivity contribution < 1.29 is 0 Å². The highest BCUT2D eigenvalue weighted by atomic mass is 15.3. The average Bonchev–Trinajstić information content (AvgIpc) is 2.80. The van der Waals surface area contributed by atoms with Crippen LogP contribution in [0.15, 0.2) is 24.5 Å². The minimum absolute atomic E-state index is 0.224. The van der Waals surface area contributed by atoms with Gasteiger partial charge in [0.2, 0.25) is 5.95 Å². The van der Waals surface area contributed by atoms with Gasteiger partial charge in [-0.15, -0.1) is 0 Å². The van der Waals surface area contributed by atoms with Crippen LogP contribution in [0.3, 0.4) is 0 Å². The quantitative estimate of drug-likeness (QED) is 0.896. The summed E-state index contributed by atoms with van der Waals surface area (Å²) in [5.41, 5.74) is 2.06. The molecule has 0 aromatic carbocycles. The van der Waals surface area contributed by atoms with Crippen LogP contribution in [0, 0.1) is 6.92 Å². The zero-order chi connectivity index (χ0) is 13.8. The van der Waals surface area contributed by atoms with Crippen molar-refractivity contribution in [2.75, 3.05) is 5.32 Å². The first kappa shape index (κ1) is 13.5. The molecule has 0 saturated carbocycles. The summed E-state index contributed by atoms with van der Waals surface area (Å²) in [6, 6.07) is 4.18. The number of rotatable bonds is 5. The molecule has 0 aliphatic rings. The Balaban J connectivity index is 2.05. The van der Waals surface area contributed by atoms with E-state index < -0.39 is 0 Å². The zero-order valence-electron chi connectivity index (χ0n) is 12.0. The first-order valence-corrected chi connectivity index (χ1v) is 6.64. The van der Waals surface area contributed by atoms with E-state index in [0.717, 1.165) is 17.9 Å². The standard InChI is InChI=1S/C14H21N5/c1-10(2)13-8-11(3)16-14(18-13)17-12(4)9-19-7-5-6-15-19/h5-8,10,12H,9H2,1-4H3,(H,16,17,18). The second-order valence-corrected chi connectivity index (χ2v) is 5.19. The van der Waals surface area contributed by atoms with Crippen molar-refractivity contribution in [3.05, 3.63) is 35.9 Å². The Hall–Kier alpha value is -1.91. The Morgan fingerprint density at radius 1 is 1.26 bits per heavy atom. The van der Waals surface area contributed by atoms with Crippen molar-refractivity contribution in [2.45, 2.75) is 46.2 Å². The van der Waals surface area contributed by atoms with E-state index >= 15 is 0 Å². The van der Waals surface area contributed by atoms with E-state index in [4.69, 9.17) is 0 Å². The Labute approximate surface area is 114 Å². The lowest BCUT2D eigenvalue weighted by molar-refractivity contribution is 0.557. The molecule has 1 atom stereocenters. The fourth-order valence-corrected chi connectivity index (χ4v) is 1.91. The molecule has 0 spiro atoms. The molecule has 1 N–H and O–H groups in total. The summed E-state index contributed by atoms with van der Waals surface area (Å²) in [6.45, 7) is 9.16. The maximum atomic E-state index is 4.55. The summed E-state index contributed by atoms with van der Waals surface area (Å²) in [5, 5.41) is 7.53. The lowest BCUT2D eigenvalue weighted by Crippen LogP contribution is -2.23. The molecule has 0 radical (unpaired) electrons. The van der Waals surface area contributed by atoms with Gasteiger partial charge in [-0.25, -0.2) is 9.97 Å². The number of aromatic nitrogens is 4. The maximum Gasteiger partial charge on any atom is 0.223 e. The highest BCUT2D eigenvalue weighted by Crippen LogP contribution is 2.14. The Morgan fingerprint density at radius 3 is 2.68 bits per heavy atom. The summed E-state index contributed by atoms with van der Waals surface area (Å²) in [6.07, 6.45) is 3.74. The van der Waals surface area contributed by atoms with Crippen molar-refractivity contribution in [3.63, 3.8) is 0 Å². The zero-order valence-corrected chi connectivity index (χ0v) is 12.0. The summed E-state index contributed by atoms with van der Waals surface area (Å²) < 4.78 is 1.90. The van der Waals surface area contributed by atoms with Crippen LogP contribution in [0.4, 0.5) is 5.95 Å². The van der Waals surface area contributed by atoms with E-state index in [0.29, 0.717) is 11.9 Å². The molecule has 2 aromatic heterocycles. The summed E-state index contributed by atoms with van der Waals surface area (Å²) >= 11 is 0. The van der Waals surface area contributed by atoms with E-state index in [2.05, 4.69) is 41.2 Å². The number of aryl methyl sites for hydroxylation is 1. The molecule has 1 unspecified atom stereocenters. The normalized spacial score (nSPS) is 12.7. The highest BCUT2D eigenvalue weighted by molar-refractivity contribution is 5.30. The average molecular weight is 259 g/mol. The molecule has 5 heteroatoms. The molecular formula is C14H21N5. The van der Waals surface area contributed by atoms with E-state index in [1.165, 1.54) is 0 Å². The first-order valence-electron chi connectivity index (χ1n) is 6.64. The Morgan fingerprint density at radius 2 is 2.05 bits per heavy atom. The van der Waals surface area contributed by atoms with Crippen molar-refractivity contribution in [2.24, 2.45) is 0 Å². The highest BCUT2D eigenvalue weighted by Gasteiger charge is 2.09. The molecular weight excluding hydrogens is 238 g/mol. The number of nitrogens with zero attached hydrogens (tertiary/aromatic N) is 4. The van der Waals surface area contributed by atoms with Gasteiger partial charge in [-0.3, -0.25) is 4.68 Å². The van der Waals surface area contributed by atoms with Gasteiger partial charge < -0.3 is 5.32 Å². The largest absolute Gasteiger partial charge is 0.350 e. The summed E-state index contributed by atoms with van der Waals surface area (Å²) in [7, 11) is 0. The van der Waals surface area contributed by atoms with E-state index in [-0.39, 0.29) is 6.04 Å². The van der Waals surface area contributed by atoms with Gasteiger partial charge in [0.15, 0.2) is 0 Å². The molecule has 0 aliphatic heterocycles. The van der Waals surface area contributed by atoms with E-state index in [1.807, 2.05) is 29.9 Å². The van der Waals surface area contributed by atoms with Crippen molar-refractivity contribution in [1.82, 2.24) is 19.7 Å². The van der Waals surface area contributed by atoms with Crippen molar-refractivity contribution >= 4 is 5.95 Å². The molecule has 0 amide bonds. The minimum atomic E-state index is 0.224. The van der Waals surface area contributed by atoms with Crippen molar-refractivity contribution in [1.29, 1.82) is 0 Å². The summed E-state index contributed by atoms with van der Waals surface area (Å²) in [5.74, 6) is 1.10. The molecule has 19 heavy (non-hydrogen) atoms. The van der Waals surface area contributed by atoms with Gasteiger partial charge in [0.05, 0.1) is 6.54 Å². The topological polar surface area (TPSA) is 55.6 Å². The van der Waals surface area contributed by atoms with Crippen LogP contribution in [-0.2, 0) is 6.54 Å². The Bertz CT molecular complexity index is 519. The lowest BCUT2D eigenvalue weighted by atomic mass is 10.1. The van der Waals surface area contributed by atoms with Crippen LogP contribution in [-0.4, -0.2) is 25.8 Å². The molecule has 102 valence electrons. The maximum absolute atomic E-state index is 4.55. The third-order valence-electron chi connectivity index (χ3n) is 2.86. The number of anilines is 1. The third kappa shape index (κ3) is 3.77. The monoisotopic (exact) mass is 259 g/mol. The van der Waals surface area contributed by atoms with Crippen LogP contribution >= 0.6 is 0 Å². The van der Waals surface area contributed by atoms with Crippen LogP contribution in [0.25, 0.3) is 0 Å². The number of nitrogens with one attached hydrogen (secondary N) is 1. The second kappa shape index (κ2) is 5.82. The predicted molar refractivity (Wildman–Crippen MR) is 76.2 cm³/mol. The summed E-state index contributed by atoms with van der Waals surface area (Å²) in [4.78, 5) is 8.98. The lowest BCUT2D eigenvalue weighted by Gasteiger charge is -2.15. The van der Waals surface area contributed by atoms with Gasteiger partial charge in [-0.1, -0.05) is 13.8 Å². The van der Waals surface area contributed by atoms with Gasteiger partial charge in [-0.2, -0.15) is 5.10 Å². The van der Waals surface area contributed by atoms with E-state index in [1.54, 1.807) is 6.20 Å². The van der Waals surface area contributed by atoms with Gasteiger partial charge in [-0.05, 0) is 31.9 Å². The van der Waals surface area contributed by atoms with Crippen LogP contribution in [0.2, 0.25) is 0 Å². The molecule has 2 heterocycles. The van der Waals surface area contributed by atoms with Gasteiger partial charge in [0.25, 0.3) is 0 Å². The molecule has 2 aromatic rings. The molecule has 0 fully saturated rings. The minimum Gasteiger partial charge on any atom is -0.350 e. The molecule has 5 nitrogen and oxygen atoms in total. The van der Waals surface area contributed by atoms with Crippen molar-refractivity contribution in [3.8, 4) is 0 Å². The fraction of sp³-hybridized carbons (Fsp3) is 0.500. The smallest absolute Gasteiger partial charge is 0.223 e. The van der Waals surface area contributed by atoms with E-state index in [9.17, 15) is 0 Å². The van der Waals surface area contributed by atoms with Gasteiger partial charge >= 0.3 is 0 Å². The van der Waals surface area contributed by atoms with Crippen LogP contribution in [0.1, 0.15) is 38.1 Å². The molecule has 0 aliphatic carbocycles. The molecule has 2 rings (SSSR count). The predicted octanol–water partition coefficient (Wildman–Crippen LogP) is 2.61. The number of hydrogen-bond donors (Lipinski definition) is 1. The van der Waals surface area contributed by atoms with Crippen LogP contribution in [0.5, 0.6) is 0 Å². The van der Waals surface area contributed by atoms with Gasteiger partial charge in [0.1, 0.15) is 0 Å². The van der Waals surface area contributed by atoms with Crippen LogP contribution < -0.4 is 5.32 Å². The molecule has 0 saturated heterocycles. The third-order valence-corrected chi connectivity index (χ3v) is 2.86. The first-order chi connectivity index (χ1) is 9.04. The van der Waals surface area contributed by atoms with Gasteiger partial charge in [0, 0.05) is 29.8 Å². The SMILES string of the molecule is Cc1cc(C(C)C)nc(NC(C)Cn2cccn2)n1. The molecule has 0 bridgehead atoms. The second-order valence-electron chi connectivity index (χ2n) is 5.19.